The van der Waals surface area contributed by atoms with Crippen LogP contribution in [0.4, 0.5) is 5.69 Å². The Balaban J connectivity index is 1.81. The zero-order valence-electron chi connectivity index (χ0n) is 11.6. The number of ether oxygens (including phenoxy) is 1. The summed E-state index contributed by atoms with van der Waals surface area (Å²) < 4.78 is 10.8. The molecule has 2 heterocycles. The number of benzene rings is 2. The van der Waals surface area contributed by atoms with Crippen LogP contribution in [0.5, 0.6) is 17.2 Å². The van der Waals surface area contributed by atoms with E-state index in [2.05, 4.69) is 15.1 Å². The number of hydrogen-bond acceptors (Lipinski definition) is 6. The zero-order valence-corrected chi connectivity index (χ0v) is 11.6. The summed E-state index contributed by atoms with van der Waals surface area (Å²) in [5, 5.41) is 13.8. The SMILES string of the molecule is Cc1nc(-c2ccc3c(c2)N=Cc2c(O)cccc2O3)no1. The number of phenolic OH excluding ortho intramolecular Hbond substituents is 1. The van der Waals surface area contributed by atoms with Crippen molar-refractivity contribution in [2.24, 2.45) is 4.99 Å². The normalized spacial score (nSPS) is 12.2. The quantitative estimate of drug-likeness (QED) is 0.580. The highest BCUT2D eigenvalue weighted by Crippen LogP contribution is 2.40. The van der Waals surface area contributed by atoms with Gasteiger partial charge in [-0.2, -0.15) is 4.98 Å². The highest BCUT2D eigenvalue weighted by atomic mass is 16.5. The fourth-order valence-corrected chi connectivity index (χ4v) is 2.26. The van der Waals surface area contributed by atoms with E-state index < -0.39 is 0 Å². The first kappa shape index (κ1) is 12.6. The van der Waals surface area contributed by atoms with Gasteiger partial charge < -0.3 is 14.4 Å². The van der Waals surface area contributed by atoms with Crippen molar-refractivity contribution in [1.82, 2.24) is 10.1 Å². The summed E-state index contributed by atoms with van der Waals surface area (Å²) in [6, 6.07) is 10.6. The number of aliphatic imine (C=N–C) groups is 1. The molecular weight excluding hydrogens is 282 g/mol. The Bertz CT molecular complexity index is 899. The van der Waals surface area contributed by atoms with E-state index in [0.717, 1.165) is 5.56 Å². The third-order valence-corrected chi connectivity index (χ3v) is 3.34. The Morgan fingerprint density at radius 3 is 2.82 bits per heavy atom. The van der Waals surface area contributed by atoms with Crippen LogP contribution >= 0.6 is 0 Å². The van der Waals surface area contributed by atoms with E-state index in [0.29, 0.717) is 34.5 Å². The second kappa shape index (κ2) is 4.70. The number of aryl methyl sites for hydroxylation is 1. The van der Waals surface area contributed by atoms with Crippen LogP contribution in [-0.4, -0.2) is 21.5 Å². The standard InChI is InChI=1S/C16H11N3O3/c1-9-18-16(19-22-9)10-5-6-15-12(7-10)17-8-11-13(20)3-2-4-14(11)21-15/h2-8,20H,1H3. The Kier molecular flexibility index (Phi) is 2.69. The molecule has 0 radical (unpaired) electrons. The largest absolute Gasteiger partial charge is 0.507 e. The fourth-order valence-electron chi connectivity index (χ4n) is 2.26. The molecule has 0 fully saturated rings. The molecule has 0 aliphatic carbocycles. The Hall–Kier alpha value is -3.15. The number of aromatic hydroxyl groups is 1. The number of nitrogens with zero attached hydrogens (tertiary/aromatic N) is 3. The van der Waals surface area contributed by atoms with Crippen molar-refractivity contribution in [1.29, 1.82) is 0 Å². The third-order valence-electron chi connectivity index (χ3n) is 3.34. The van der Waals surface area contributed by atoms with Gasteiger partial charge in [-0.25, -0.2) is 0 Å². The van der Waals surface area contributed by atoms with Gasteiger partial charge in [0.05, 0.1) is 5.56 Å². The van der Waals surface area contributed by atoms with Crippen LogP contribution in [0.3, 0.4) is 0 Å². The van der Waals surface area contributed by atoms with Gasteiger partial charge in [0.25, 0.3) is 0 Å². The molecule has 1 aromatic heterocycles. The molecule has 6 heteroatoms. The Morgan fingerprint density at radius 1 is 1.09 bits per heavy atom. The van der Waals surface area contributed by atoms with Crippen molar-refractivity contribution in [2.45, 2.75) is 6.92 Å². The summed E-state index contributed by atoms with van der Waals surface area (Å²) in [5.74, 6) is 2.29. The fraction of sp³-hybridized carbons (Fsp3) is 0.0625. The molecule has 108 valence electrons. The highest BCUT2D eigenvalue weighted by molar-refractivity contribution is 5.91. The lowest BCUT2D eigenvalue weighted by molar-refractivity contribution is 0.394. The maximum Gasteiger partial charge on any atom is 0.223 e. The molecule has 0 saturated heterocycles. The van der Waals surface area contributed by atoms with Gasteiger partial charge in [0.1, 0.15) is 17.2 Å². The van der Waals surface area contributed by atoms with E-state index in [1.165, 1.54) is 0 Å². The van der Waals surface area contributed by atoms with Crippen molar-refractivity contribution < 1.29 is 14.4 Å². The van der Waals surface area contributed by atoms with Crippen LogP contribution in [0.2, 0.25) is 0 Å². The summed E-state index contributed by atoms with van der Waals surface area (Å²) in [5.41, 5.74) is 1.97. The predicted molar refractivity (Wildman–Crippen MR) is 79.9 cm³/mol. The van der Waals surface area contributed by atoms with E-state index in [-0.39, 0.29) is 5.75 Å². The predicted octanol–water partition coefficient (Wildman–Crippen LogP) is 3.61. The van der Waals surface area contributed by atoms with Crippen molar-refractivity contribution >= 4 is 11.9 Å². The lowest BCUT2D eigenvalue weighted by Crippen LogP contribution is -1.88. The number of hydrogen-bond donors (Lipinski definition) is 1. The minimum absolute atomic E-state index is 0.128. The first-order valence-electron chi connectivity index (χ1n) is 6.69. The van der Waals surface area contributed by atoms with Gasteiger partial charge in [-0.3, -0.25) is 4.99 Å². The van der Waals surface area contributed by atoms with Gasteiger partial charge in [-0.15, -0.1) is 0 Å². The smallest absolute Gasteiger partial charge is 0.223 e. The van der Waals surface area contributed by atoms with Gasteiger partial charge in [0.2, 0.25) is 11.7 Å². The van der Waals surface area contributed by atoms with E-state index in [9.17, 15) is 5.11 Å². The van der Waals surface area contributed by atoms with E-state index >= 15 is 0 Å². The molecule has 6 nitrogen and oxygen atoms in total. The Morgan fingerprint density at radius 2 is 2.00 bits per heavy atom. The Labute approximate surface area is 125 Å². The van der Waals surface area contributed by atoms with E-state index in [1.54, 1.807) is 37.4 Å². The third kappa shape index (κ3) is 2.01. The van der Waals surface area contributed by atoms with Crippen LogP contribution in [0.25, 0.3) is 11.4 Å². The molecule has 0 bridgehead atoms. The maximum absolute atomic E-state index is 9.89. The van der Waals surface area contributed by atoms with Crippen LogP contribution in [0.1, 0.15) is 11.5 Å². The molecule has 0 unspecified atom stereocenters. The summed E-state index contributed by atoms with van der Waals surface area (Å²) >= 11 is 0. The number of fused-ring (bicyclic) bond motifs is 2. The van der Waals surface area contributed by atoms with Crippen molar-refractivity contribution in [3.05, 3.63) is 47.9 Å². The van der Waals surface area contributed by atoms with E-state index in [1.807, 2.05) is 12.1 Å². The highest BCUT2D eigenvalue weighted by Gasteiger charge is 2.16. The molecular formula is C16H11N3O3. The first-order valence-corrected chi connectivity index (χ1v) is 6.69. The number of aromatic nitrogens is 2. The molecule has 1 aliphatic rings. The van der Waals surface area contributed by atoms with E-state index in [4.69, 9.17) is 9.26 Å². The molecule has 0 spiro atoms. The van der Waals surface area contributed by atoms with Crippen molar-refractivity contribution in [3.63, 3.8) is 0 Å². The molecule has 0 amide bonds. The molecule has 4 rings (SSSR count). The second-order valence-corrected chi connectivity index (χ2v) is 4.87. The minimum Gasteiger partial charge on any atom is -0.507 e. The molecule has 22 heavy (non-hydrogen) atoms. The van der Waals surface area contributed by atoms with Crippen LogP contribution < -0.4 is 4.74 Å². The second-order valence-electron chi connectivity index (χ2n) is 4.87. The maximum atomic E-state index is 9.89. The number of rotatable bonds is 1. The molecule has 1 N–H and O–H groups in total. The average Bonchev–Trinajstić information content (AvgIpc) is 2.85. The summed E-state index contributed by atoms with van der Waals surface area (Å²) in [6.45, 7) is 1.74. The first-order chi connectivity index (χ1) is 10.7. The molecule has 2 aromatic carbocycles. The lowest BCUT2D eigenvalue weighted by atomic mass is 10.2. The van der Waals surface area contributed by atoms with Crippen molar-refractivity contribution in [2.75, 3.05) is 0 Å². The number of phenols is 1. The van der Waals surface area contributed by atoms with Crippen LogP contribution in [0, 0.1) is 6.92 Å². The van der Waals surface area contributed by atoms with Gasteiger partial charge in [0, 0.05) is 18.7 Å². The van der Waals surface area contributed by atoms with Gasteiger partial charge in [-0.05, 0) is 30.3 Å². The topological polar surface area (TPSA) is 80.7 Å². The molecule has 3 aromatic rings. The summed E-state index contributed by atoms with van der Waals surface area (Å²) in [4.78, 5) is 8.58. The summed E-state index contributed by atoms with van der Waals surface area (Å²) in [7, 11) is 0. The van der Waals surface area contributed by atoms with Gasteiger partial charge >= 0.3 is 0 Å². The minimum atomic E-state index is 0.128. The monoisotopic (exact) mass is 293 g/mol. The average molecular weight is 293 g/mol. The summed E-state index contributed by atoms with van der Waals surface area (Å²) in [6.07, 6.45) is 1.59. The lowest BCUT2D eigenvalue weighted by Gasteiger charge is -2.08. The molecule has 1 aliphatic heterocycles. The van der Waals surface area contributed by atoms with Gasteiger partial charge in [0.15, 0.2) is 5.75 Å². The van der Waals surface area contributed by atoms with Crippen LogP contribution in [-0.2, 0) is 0 Å². The van der Waals surface area contributed by atoms with Gasteiger partial charge in [-0.1, -0.05) is 11.2 Å². The molecule has 0 atom stereocenters. The van der Waals surface area contributed by atoms with Crippen molar-refractivity contribution in [3.8, 4) is 28.6 Å². The zero-order chi connectivity index (χ0) is 15.1. The molecule has 0 saturated carbocycles. The van der Waals surface area contributed by atoms with Crippen LogP contribution in [0.15, 0.2) is 45.9 Å².